The van der Waals surface area contributed by atoms with E-state index >= 15 is 0 Å². The summed E-state index contributed by atoms with van der Waals surface area (Å²) in [5, 5.41) is 12.3. The highest BCUT2D eigenvalue weighted by Crippen LogP contribution is 2.34. The zero-order valence-electron chi connectivity index (χ0n) is 10.9. The number of nitrogens with zero attached hydrogens (tertiary/aromatic N) is 1. The first kappa shape index (κ1) is 12.9. The van der Waals surface area contributed by atoms with Crippen molar-refractivity contribution in [1.29, 1.82) is 0 Å². The van der Waals surface area contributed by atoms with Gasteiger partial charge in [0, 0.05) is 19.0 Å². The molecular weight excluding hydrogens is 260 g/mol. The number of amides is 2. The number of rotatable bonds is 4. The highest BCUT2D eigenvalue weighted by molar-refractivity contribution is 5.87. The summed E-state index contributed by atoms with van der Waals surface area (Å²) in [6.07, 6.45) is 0.919. The molecule has 2 aliphatic rings. The molecule has 6 heteroatoms. The lowest BCUT2D eigenvalue weighted by Crippen LogP contribution is -2.59. The number of benzene rings is 1. The predicted octanol–water partition coefficient (Wildman–Crippen LogP) is 1.17. The Hall–Kier alpha value is -2.08. The number of piperidine rings is 1. The topological polar surface area (TPSA) is 78.9 Å². The van der Waals surface area contributed by atoms with E-state index in [1.807, 2.05) is 30.3 Å². The molecule has 2 amide bonds. The maximum Gasteiger partial charge on any atom is 0.357 e. The number of carbonyl (C=O) groups is 2. The summed E-state index contributed by atoms with van der Waals surface area (Å²) < 4.78 is 5.68. The number of carboxylic acids is 1. The molecule has 0 aliphatic carbocycles. The smallest absolute Gasteiger partial charge is 0.357 e. The monoisotopic (exact) mass is 276 g/mol. The predicted molar refractivity (Wildman–Crippen MR) is 69.9 cm³/mol. The van der Waals surface area contributed by atoms with Crippen LogP contribution in [0.2, 0.25) is 0 Å². The quantitative estimate of drug-likeness (QED) is 0.865. The van der Waals surface area contributed by atoms with E-state index in [0.29, 0.717) is 19.4 Å². The van der Waals surface area contributed by atoms with Crippen LogP contribution in [-0.2, 0) is 16.1 Å². The van der Waals surface area contributed by atoms with Gasteiger partial charge in [0.25, 0.3) is 0 Å². The molecule has 2 heterocycles. The van der Waals surface area contributed by atoms with Crippen LogP contribution in [0.3, 0.4) is 0 Å². The molecule has 0 radical (unpaired) electrons. The van der Waals surface area contributed by atoms with Crippen LogP contribution in [0.1, 0.15) is 18.4 Å². The number of hydrogen-bond donors (Lipinski definition) is 2. The minimum atomic E-state index is -1.55. The van der Waals surface area contributed by atoms with E-state index < -0.39 is 11.7 Å². The highest BCUT2D eigenvalue weighted by atomic mass is 16.5. The highest BCUT2D eigenvalue weighted by Gasteiger charge is 2.55. The third kappa shape index (κ3) is 2.02. The summed E-state index contributed by atoms with van der Waals surface area (Å²) in [5.74, 6) is -1.11. The molecule has 6 nitrogen and oxygen atoms in total. The molecule has 106 valence electrons. The molecule has 2 unspecified atom stereocenters. The van der Waals surface area contributed by atoms with Crippen molar-refractivity contribution in [1.82, 2.24) is 10.2 Å². The van der Waals surface area contributed by atoms with Crippen molar-refractivity contribution in [2.75, 3.05) is 6.54 Å². The van der Waals surface area contributed by atoms with E-state index in [-0.39, 0.29) is 18.7 Å². The Morgan fingerprint density at radius 1 is 1.45 bits per heavy atom. The van der Waals surface area contributed by atoms with Crippen molar-refractivity contribution in [2.45, 2.75) is 31.2 Å². The Bertz CT molecular complexity index is 533. The first-order valence-corrected chi connectivity index (χ1v) is 6.61. The molecule has 0 saturated carbocycles. The zero-order valence-corrected chi connectivity index (χ0v) is 10.9. The van der Waals surface area contributed by atoms with Gasteiger partial charge < -0.3 is 15.2 Å². The Kier molecular flexibility index (Phi) is 3.10. The fourth-order valence-electron chi connectivity index (χ4n) is 2.79. The van der Waals surface area contributed by atoms with E-state index in [0.717, 1.165) is 5.56 Å². The second-order valence-corrected chi connectivity index (χ2v) is 5.16. The maximum absolute atomic E-state index is 11.9. The van der Waals surface area contributed by atoms with Gasteiger partial charge >= 0.3 is 12.0 Å². The summed E-state index contributed by atoms with van der Waals surface area (Å²) >= 11 is 0. The Morgan fingerprint density at radius 2 is 2.20 bits per heavy atom. The van der Waals surface area contributed by atoms with Crippen LogP contribution in [0.4, 0.5) is 4.79 Å². The van der Waals surface area contributed by atoms with Crippen LogP contribution in [-0.4, -0.2) is 40.3 Å². The van der Waals surface area contributed by atoms with Crippen LogP contribution in [0, 0.1) is 0 Å². The number of carbonyl (C=O) groups excluding carboxylic acids is 1. The number of aliphatic carboxylic acids is 1. The molecule has 20 heavy (non-hydrogen) atoms. The number of nitrogens with one attached hydrogen (secondary N) is 1. The SMILES string of the molecule is O=C1NC2CCC(OCc3ccccc3)(C(=O)O)N1C2. The molecule has 0 spiro atoms. The van der Waals surface area contributed by atoms with Crippen LogP contribution in [0.5, 0.6) is 0 Å². The fraction of sp³-hybridized carbons (Fsp3) is 0.429. The second-order valence-electron chi connectivity index (χ2n) is 5.16. The summed E-state index contributed by atoms with van der Waals surface area (Å²) in [5.41, 5.74) is -0.665. The average molecular weight is 276 g/mol. The Labute approximate surface area is 116 Å². The van der Waals surface area contributed by atoms with Gasteiger partial charge in [0.2, 0.25) is 5.72 Å². The first-order chi connectivity index (χ1) is 9.62. The molecule has 2 bridgehead atoms. The lowest BCUT2D eigenvalue weighted by molar-refractivity contribution is -0.197. The third-order valence-corrected chi connectivity index (χ3v) is 3.90. The number of ether oxygens (including phenoxy) is 1. The van der Waals surface area contributed by atoms with Crippen molar-refractivity contribution in [3.8, 4) is 0 Å². The zero-order chi connectivity index (χ0) is 14.2. The second kappa shape index (κ2) is 4.79. The summed E-state index contributed by atoms with van der Waals surface area (Å²) in [6, 6.07) is 9.03. The Morgan fingerprint density at radius 3 is 2.90 bits per heavy atom. The van der Waals surface area contributed by atoms with Gasteiger partial charge in [0.05, 0.1) is 6.61 Å². The molecule has 1 aromatic rings. The van der Waals surface area contributed by atoms with E-state index in [4.69, 9.17) is 4.74 Å². The molecule has 2 aliphatic heterocycles. The largest absolute Gasteiger partial charge is 0.478 e. The molecule has 2 atom stereocenters. The third-order valence-electron chi connectivity index (χ3n) is 3.90. The lowest BCUT2D eigenvalue weighted by atomic mass is 9.97. The number of carboxylic acid groups (broad SMARTS) is 1. The van der Waals surface area contributed by atoms with Gasteiger partial charge in [-0.05, 0) is 12.0 Å². The number of hydrogen-bond acceptors (Lipinski definition) is 3. The van der Waals surface area contributed by atoms with Crippen LogP contribution >= 0.6 is 0 Å². The van der Waals surface area contributed by atoms with Gasteiger partial charge in [-0.25, -0.2) is 9.59 Å². The van der Waals surface area contributed by atoms with E-state index in [1.54, 1.807) is 0 Å². The van der Waals surface area contributed by atoms with Gasteiger partial charge in [-0.2, -0.15) is 0 Å². The first-order valence-electron chi connectivity index (χ1n) is 6.61. The summed E-state index contributed by atoms with van der Waals surface area (Å²) in [6.45, 7) is 0.557. The number of urea groups is 1. The molecular formula is C14H16N2O4. The average Bonchev–Trinajstić information content (AvgIpc) is 2.76. The van der Waals surface area contributed by atoms with Crippen LogP contribution in [0.15, 0.2) is 30.3 Å². The van der Waals surface area contributed by atoms with Crippen LogP contribution < -0.4 is 5.32 Å². The molecule has 0 aromatic heterocycles. The molecule has 1 aromatic carbocycles. The van der Waals surface area contributed by atoms with Gasteiger partial charge in [0.15, 0.2) is 0 Å². The molecule has 2 fully saturated rings. The maximum atomic E-state index is 11.9. The van der Waals surface area contributed by atoms with Gasteiger partial charge in [0.1, 0.15) is 0 Å². The standard InChI is InChI=1S/C14H16N2O4/c17-12(18)14(20-9-10-4-2-1-3-5-10)7-6-11-8-16(14)13(19)15-11/h1-5,11H,6-9H2,(H,15,19)(H,17,18). The molecule has 3 rings (SSSR count). The summed E-state index contributed by atoms with van der Waals surface area (Å²) in [4.78, 5) is 24.8. The van der Waals surface area contributed by atoms with Gasteiger partial charge in [-0.15, -0.1) is 0 Å². The van der Waals surface area contributed by atoms with Gasteiger partial charge in [-0.3, -0.25) is 4.90 Å². The lowest BCUT2D eigenvalue weighted by Gasteiger charge is -2.39. The van der Waals surface area contributed by atoms with Crippen LogP contribution in [0.25, 0.3) is 0 Å². The minimum Gasteiger partial charge on any atom is -0.478 e. The van der Waals surface area contributed by atoms with Crippen molar-refractivity contribution in [2.24, 2.45) is 0 Å². The van der Waals surface area contributed by atoms with Crippen molar-refractivity contribution in [3.05, 3.63) is 35.9 Å². The minimum absolute atomic E-state index is 0.0373. The molecule has 2 N–H and O–H groups in total. The van der Waals surface area contributed by atoms with E-state index in [1.165, 1.54) is 4.90 Å². The molecule has 2 saturated heterocycles. The normalized spacial score (nSPS) is 28.3. The van der Waals surface area contributed by atoms with Gasteiger partial charge in [-0.1, -0.05) is 30.3 Å². The van der Waals surface area contributed by atoms with E-state index in [9.17, 15) is 14.7 Å². The fourth-order valence-corrected chi connectivity index (χ4v) is 2.79. The van der Waals surface area contributed by atoms with Crippen molar-refractivity contribution < 1.29 is 19.4 Å². The van der Waals surface area contributed by atoms with E-state index in [2.05, 4.69) is 5.32 Å². The number of fused-ring (bicyclic) bond motifs is 2. The Balaban J connectivity index is 1.81. The summed E-state index contributed by atoms with van der Waals surface area (Å²) in [7, 11) is 0. The van der Waals surface area contributed by atoms with Crippen molar-refractivity contribution in [3.63, 3.8) is 0 Å². The van der Waals surface area contributed by atoms with Crippen molar-refractivity contribution >= 4 is 12.0 Å².